The molecule has 6 heteroatoms. The molecule has 0 bridgehead atoms. The minimum Gasteiger partial charge on any atom is -0.462 e. The molecule has 0 rings (SSSR count). The lowest BCUT2D eigenvalue weighted by molar-refractivity contribution is -0.166. The van der Waals surface area contributed by atoms with Gasteiger partial charge >= 0.3 is 17.9 Å². The van der Waals surface area contributed by atoms with Crippen molar-refractivity contribution in [2.45, 2.75) is 284 Å². The molecule has 63 heavy (non-hydrogen) atoms. The maximum absolute atomic E-state index is 12.8. The second-order valence-electron chi connectivity index (χ2n) is 18.1. The molecule has 0 aromatic rings. The highest BCUT2D eigenvalue weighted by molar-refractivity contribution is 5.71. The van der Waals surface area contributed by atoms with Crippen molar-refractivity contribution >= 4 is 17.9 Å². The van der Waals surface area contributed by atoms with E-state index in [1.54, 1.807) is 0 Å². The number of hydrogen-bond acceptors (Lipinski definition) is 6. The molecule has 0 aliphatic carbocycles. The molecular formula is C57H102O6. The lowest BCUT2D eigenvalue weighted by Crippen LogP contribution is -2.30. The fourth-order valence-electron chi connectivity index (χ4n) is 7.81. The van der Waals surface area contributed by atoms with E-state index in [0.29, 0.717) is 19.3 Å². The standard InChI is InChI=1S/C57H102O6/c1-4-7-10-13-16-19-22-25-27-28-29-30-33-35-38-41-44-47-50-56(59)62-53-54(52-61-55(58)49-46-43-40-37-34-31-24-21-18-15-12-9-6-3)63-57(60)51-48-45-42-39-36-32-26-23-20-17-14-11-8-5-2/h9,12,18,21,31,34,40,43,54H,4-8,10-11,13-17,19-20,22-30,32-33,35-39,41-42,44-53H2,1-3H3/b12-9-,21-18-,34-31-,43-40-. The molecule has 0 heterocycles. The Labute approximate surface area is 390 Å². The second-order valence-corrected chi connectivity index (χ2v) is 18.1. The van der Waals surface area contributed by atoms with E-state index in [2.05, 4.69) is 63.3 Å². The summed E-state index contributed by atoms with van der Waals surface area (Å²) in [4.78, 5) is 38.0. The number of allylic oxidation sites excluding steroid dienone is 8. The maximum Gasteiger partial charge on any atom is 0.306 e. The molecule has 0 aromatic heterocycles. The molecule has 0 aliphatic rings. The zero-order valence-corrected chi connectivity index (χ0v) is 41.8. The quantitative estimate of drug-likeness (QED) is 0.0262. The van der Waals surface area contributed by atoms with E-state index < -0.39 is 6.10 Å². The third-order valence-corrected chi connectivity index (χ3v) is 11.9. The summed E-state index contributed by atoms with van der Waals surface area (Å²) in [6, 6.07) is 0. The van der Waals surface area contributed by atoms with E-state index >= 15 is 0 Å². The van der Waals surface area contributed by atoms with Gasteiger partial charge in [0.1, 0.15) is 13.2 Å². The molecule has 0 N–H and O–H groups in total. The van der Waals surface area contributed by atoms with Gasteiger partial charge in [0.15, 0.2) is 6.10 Å². The Kier molecular flexibility index (Phi) is 49.8. The molecule has 0 aromatic carbocycles. The molecule has 1 unspecified atom stereocenters. The van der Waals surface area contributed by atoms with Crippen LogP contribution in [0.1, 0.15) is 278 Å². The van der Waals surface area contributed by atoms with Gasteiger partial charge in [-0.3, -0.25) is 14.4 Å². The number of carbonyl (C=O) groups excluding carboxylic acids is 3. The van der Waals surface area contributed by atoms with Crippen LogP contribution < -0.4 is 0 Å². The fourth-order valence-corrected chi connectivity index (χ4v) is 7.81. The molecule has 0 aliphatic heterocycles. The Morgan fingerprint density at radius 1 is 0.333 bits per heavy atom. The summed E-state index contributed by atoms with van der Waals surface area (Å²) < 4.78 is 16.8. The van der Waals surface area contributed by atoms with Crippen LogP contribution in [0.25, 0.3) is 0 Å². The zero-order valence-electron chi connectivity index (χ0n) is 41.8. The van der Waals surface area contributed by atoms with Crippen molar-refractivity contribution in [3.63, 3.8) is 0 Å². The van der Waals surface area contributed by atoms with Crippen LogP contribution >= 0.6 is 0 Å². The van der Waals surface area contributed by atoms with Crippen LogP contribution in [0.3, 0.4) is 0 Å². The lowest BCUT2D eigenvalue weighted by Gasteiger charge is -2.18. The summed E-state index contributed by atoms with van der Waals surface area (Å²) in [7, 11) is 0. The van der Waals surface area contributed by atoms with E-state index in [9.17, 15) is 14.4 Å². The smallest absolute Gasteiger partial charge is 0.306 e. The largest absolute Gasteiger partial charge is 0.462 e. The van der Waals surface area contributed by atoms with Gasteiger partial charge in [-0.2, -0.15) is 0 Å². The molecule has 1 atom stereocenters. The molecule has 0 radical (unpaired) electrons. The first kappa shape index (κ1) is 60.4. The predicted octanol–water partition coefficient (Wildman–Crippen LogP) is 17.9. The Morgan fingerprint density at radius 2 is 0.619 bits per heavy atom. The molecule has 6 nitrogen and oxygen atoms in total. The van der Waals surface area contributed by atoms with E-state index in [0.717, 1.165) is 64.2 Å². The molecule has 0 spiro atoms. The number of unbranched alkanes of at least 4 members (excludes halogenated alkanes) is 30. The van der Waals surface area contributed by atoms with Crippen LogP contribution in [0, 0.1) is 0 Å². The van der Waals surface area contributed by atoms with Crippen LogP contribution in [0.15, 0.2) is 48.6 Å². The Hall–Kier alpha value is -2.63. The van der Waals surface area contributed by atoms with E-state index in [1.807, 2.05) is 6.08 Å². The maximum atomic E-state index is 12.8. The van der Waals surface area contributed by atoms with Crippen LogP contribution in [-0.2, 0) is 28.6 Å². The number of carbonyl (C=O) groups is 3. The Balaban J connectivity index is 4.38. The third-order valence-electron chi connectivity index (χ3n) is 11.9. The highest BCUT2D eigenvalue weighted by atomic mass is 16.6. The summed E-state index contributed by atoms with van der Waals surface area (Å²) >= 11 is 0. The number of esters is 3. The highest BCUT2D eigenvalue weighted by Crippen LogP contribution is 2.16. The zero-order chi connectivity index (χ0) is 45.8. The first-order valence-corrected chi connectivity index (χ1v) is 27.1. The van der Waals surface area contributed by atoms with Gasteiger partial charge in [0.05, 0.1) is 0 Å². The normalized spacial score (nSPS) is 12.4. The number of rotatable bonds is 49. The SMILES string of the molecule is CC/C=C\C/C=C\C/C=C\C/C=C\CCC(=O)OCC(COC(=O)CCCCCCCCCCCCCCCCCCCC)OC(=O)CCCCCCCCCCCCCCCC. The lowest BCUT2D eigenvalue weighted by atomic mass is 10.0. The van der Waals surface area contributed by atoms with Crippen molar-refractivity contribution in [3.05, 3.63) is 48.6 Å². The van der Waals surface area contributed by atoms with Gasteiger partial charge in [-0.05, 0) is 44.9 Å². The first-order chi connectivity index (χ1) is 31.0. The van der Waals surface area contributed by atoms with Crippen molar-refractivity contribution in [2.24, 2.45) is 0 Å². The monoisotopic (exact) mass is 883 g/mol. The van der Waals surface area contributed by atoms with Crippen molar-refractivity contribution in [1.82, 2.24) is 0 Å². The molecule has 0 fully saturated rings. The molecule has 0 saturated carbocycles. The average molecular weight is 883 g/mol. The summed E-state index contributed by atoms with van der Waals surface area (Å²) in [5, 5.41) is 0. The van der Waals surface area contributed by atoms with Gasteiger partial charge in [-0.1, -0.05) is 262 Å². The minimum atomic E-state index is -0.797. The number of hydrogen-bond donors (Lipinski definition) is 0. The summed E-state index contributed by atoms with van der Waals surface area (Å²) in [6.45, 7) is 6.49. The van der Waals surface area contributed by atoms with Crippen LogP contribution in [0.2, 0.25) is 0 Å². The topological polar surface area (TPSA) is 78.9 Å². The van der Waals surface area contributed by atoms with Gasteiger partial charge in [0, 0.05) is 19.3 Å². The molecule has 366 valence electrons. The molecular weight excluding hydrogens is 781 g/mol. The van der Waals surface area contributed by atoms with Gasteiger partial charge < -0.3 is 14.2 Å². The van der Waals surface area contributed by atoms with Gasteiger partial charge in [-0.25, -0.2) is 0 Å². The van der Waals surface area contributed by atoms with E-state index in [-0.39, 0.29) is 37.5 Å². The van der Waals surface area contributed by atoms with Crippen molar-refractivity contribution in [3.8, 4) is 0 Å². The van der Waals surface area contributed by atoms with E-state index in [1.165, 1.54) is 167 Å². The Morgan fingerprint density at radius 3 is 0.968 bits per heavy atom. The molecule has 0 amide bonds. The van der Waals surface area contributed by atoms with Crippen LogP contribution in [0.5, 0.6) is 0 Å². The summed E-state index contributed by atoms with van der Waals surface area (Å²) in [5.41, 5.74) is 0. The van der Waals surface area contributed by atoms with Gasteiger partial charge in [-0.15, -0.1) is 0 Å². The third kappa shape index (κ3) is 50.2. The van der Waals surface area contributed by atoms with Crippen molar-refractivity contribution in [2.75, 3.05) is 13.2 Å². The van der Waals surface area contributed by atoms with Crippen LogP contribution in [0.4, 0.5) is 0 Å². The van der Waals surface area contributed by atoms with Crippen LogP contribution in [-0.4, -0.2) is 37.2 Å². The van der Waals surface area contributed by atoms with Gasteiger partial charge in [0.25, 0.3) is 0 Å². The highest BCUT2D eigenvalue weighted by Gasteiger charge is 2.19. The number of ether oxygens (including phenoxy) is 3. The van der Waals surface area contributed by atoms with Crippen molar-refractivity contribution < 1.29 is 28.6 Å². The Bertz CT molecular complexity index is 1110. The second kappa shape index (κ2) is 52.0. The molecule has 0 saturated heterocycles. The predicted molar refractivity (Wildman–Crippen MR) is 270 cm³/mol. The summed E-state index contributed by atoms with van der Waals surface area (Å²) in [6.07, 6.45) is 62.6. The summed E-state index contributed by atoms with van der Waals surface area (Å²) in [5.74, 6) is -0.963. The minimum absolute atomic E-state index is 0.0908. The first-order valence-electron chi connectivity index (χ1n) is 27.1. The van der Waals surface area contributed by atoms with Crippen molar-refractivity contribution in [1.29, 1.82) is 0 Å². The van der Waals surface area contributed by atoms with E-state index in [4.69, 9.17) is 14.2 Å². The fraction of sp³-hybridized carbons (Fsp3) is 0.807. The average Bonchev–Trinajstić information content (AvgIpc) is 3.28. The van der Waals surface area contributed by atoms with Gasteiger partial charge in [0.2, 0.25) is 0 Å².